The van der Waals surface area contributed by atoms with Crippen molar-refractivity contribution in [2.75, 3.05) is 0 Å². The second kappa shape index (κ2) is 10.4. The van der Waals surface area contributed by atoms with E-state index in [0.717, 1.165) is 38.0 Å². The van der Waals surface area contributed by atoms with Crippen LogP contribution in [0.4, 0.5) is 0 Å². The SMILES string of the molecule is C=COC(=O)C(CCCCCC(C)C)OC(=O)C=C. The summed E-state index contributed by atoms with van der Waals surface area (Å²) in [5.41, 5.74) is 0. The standard InChI is InChI=1S/C15H24O4/c1-5-14(16)19-13(15(17)18-6-2)11-9-7-8-10-12(3)4/h5-6,12-13H,1-2,7-11H2,3-4H3. The van der Waals surface area contributed by atoms with E-state index in [1.165, 1.54) is 0 Å². The first kappa shape index (κ1) is 17.4. The van der Waals surface area contributed by atoms with Crippen LogP contribution in [-0.2, 0) is 19.1 Å². The highest BCUT2D eigenvalue weighted by atomic mass is 16.6. The molecule has 4 nitrogen and oxygen atoms in total. The van der Waals surface area contributed by atoms with Gasteiger partial charge in [-0.05, 0) is 18.8 Å². The summed E-state index contributed by atoms with van der Waals surface area (Å²) < 4.78 is 9.62. The lowest BCUT2D eigenvalue weighted by molar-refractivity contribution is -0.161. The van der Waals surface area contributed by atoms with Crippen molar-refractivity contribution in [1.29, 1.82) is 0 Å². The molecule has 1 unspecified atom stereocenters. The number of esters is 2. The van der Waals surface area contributed by atoms with Crippen molar-refractivity contribution in [3.63, 3.8) is 0 Å². The molecular weight excluding hydrogens is 244 g/mol. The molecule has 0 saturated carbocycles. The van der Waals surface area contributed by atoms with Crippen molar-refractivity contribution in [3.05, 3.63) is 25.5 Å². The van der Waals surface area contributed by atoms with Crippen molar-refractivity contribution in [2.24, 2.45) is 5.92 Å². The molecule has 0 fully saturated rings. The topological polar surface area (TPSA) is 52.6 Å². The second-order valence-electron chi connectivity index (χ2n) is 4.77. The average molecular weight is 268 g/mol. The second-order valence-corrected chi connectivity index (χ2v) is 4.77. The maximum Gasteiger partial charge on any atom is 0.352 e. The highest BCUT2D eigenvalue weighted by Crippen LogP contribution is 2.13. The van der Waals surface area contributed by atoms with Crippen LogP contribution in [0.1, 0.15) is 46.0 Å². The van der Waals surface area contributed by atoms with Gasteiger partial charge in [-0.2, -0.15) is 0 Å². The molecule has 0 spiro atoms. The van der Waals surface area contributed by atoms with Gasteiger partial charge in [0.1, 0.15) is 0 Å². The van der Waals surface area contributed by atoms with E-state index in [9.17, 15) is 9.59 Å². The first-order valence-electron chi connectivity index (χ1n) is 6.65. The molecule has 0 saturated heterocycles. The molecule has 0 aliphatic carbocycles. The lowest BCUT2D eigenvalue weighted by atomic mass is 10.0. The molecule has 0 bridgehead atoms. The predicted octanol–water partition coefficient (Wildman–Crippen LogP) is 3.38. The molecule has 19 heavy (non-hydrogen) atoms. The molecular formula is C15H24O4. The lowest BCUT2D eigenvalue weighted by Gasteiger charge is -2.14. The lowest BCUT2D eigenvalue weighted by Crippen LogP contribution is -2.27. The molecule has 0 aromatic rings. The quantitative estimate of drug-likeness (QED) is 0.264. The molecule has 0 aromatic carbocycles. The Morgan fingerprint density at radius 3 is 2.26 bits per heavy atom. The Balaban J connectivity index is 4.11. The molecule has 0 radical (unpaired) electrons. The Kier molecular flexibility index (Phi) is 9.49. The van der Waals surface area contributed by atoms with Crippen molar-refractivity contribution >= 4 is 11.9 Å². The van der Waals surface area contributed by atoms with Gasteiger partial charge in [0.25, 0.3) is 0 Å². The first-order valence-corrected chi connectivity index (χ1v) is 6.65. The Bertz CT molecular complexity index is 307. The van der Waals surface area contributed by atoms with Gasteiger partial charge < -0.3 is 9.47 Å². The van der Waals surface area contributed by atoms with Crippen LogP contribution in [0, 0.1) is 5.92 Å². The minimum atomic E-state index is -0.873. The van der Waals surface area contributed by atoms with Gasteiger partial charge in [-0.1, -0.05) is 46.3 Å². The smallest absolute Gasteiger partial charge is 0.352 e. The molecule has 0 aromatic heterocycles. The third kappa shape index (κ3) is 9.05. The van der Waals surface area contributed by atoms with Crippen molar-refractivity contribution < 1.29 is 19.1 Å². The summed E-state index contributed by atoms with van der Waals surface area (Å²) in [7, 11) is 0. The van der Waals surface area contributed by atoms with Gasteiger partial charge in [0.15, 0.2) is 6.10 Å². The zero-order valence-corrected chi connectivity index (χ0v) is 11.9. The first-order chi connectivity index (χ1) is 9.01. The van der Waals surface area contributed by atoms with Crippen LogP contribution in [-0.4, -0.2) is 18.0 Å². The van der Waals surface area contributed by atoms with Gasteiger partial charge >= 0.3 is 11.9 Å². The predicted molar refractivity (Wildman–Crippen MR) is 74.3 cm³/mol. The molecule has 1 atom stereocenters. The molecule has 0 amide bonds. The Labute approximate surface area is 115 Å². The summed E-state index contributed by atoms with van der Waals surface area (Å²) in [5, 5.41) is 0. The highest BCUT2D eigenvalue weighted by molar-refractivity contribution is 5.85. The normalized spacial score (nSPS) is 11.7. The van der Waals surface area contributed by atoms with Gasteiger partial charge in [0, 0.05) is 6.08 Å². The van der Waals surface area contributed by atoms with Gasteiger partial charge in [-0.15, -0.1) is 0 Å². The van der Waals surface area contributed by atoms with E-state index in [1.807, 2.05) is 0 Å². The van der Waals surface area contributed by atoms with Crippen LogP contribution in [0.5, 0.6) is 0 Å². The number of carbonyl (C=O) groups is 2. The molecule has 108 valence electrons. The number of unbranched alkanes of at least 4 members (excludes halogenated alkanes) is 2. The monoisotopic (exact) mass is 268 g/mol. The molecule has 0 rings (SSSR count). The summed E-state index contributed by atoms with van der Waals surface area (Å²) in [6.45, 7) is 11.0. The maximum atomic E-state index is 11.6. The largest absolute Gasteiger partial charge is 0.447 e. The van der Waals surface area contributed by atoms with E-state index in [-0.39, 0.29) is 0 Å². The number of carbonyl (C=O) groups excluding carboxylic acids is 2. The number of hydrogen-bond donors (Lipinski definition) is 0. The van der Waals surface area contributed by atoms with Crippen LogP contribution >= 0.6 is 0 Å². The van der Waals surface area contributed by atoms with Crippen LogP contribution in [0.25, 0.3) is 0 Å². The average Bonchev–Trinajstić information content (AvgIpc) is 2.36. The molecule has 0 aliphatic heterocycles. The van der Waals surface area contributed by atoms with E-state index < -0.39 is 18.0 Å². The number of rotatable bonds is 10. The maximum absolute atomic E-state index is 11.6. The van der Waals surface area contributed by atoms with Crippen LogP contribution < -0.4 is 0 Å². The summed E-state index contributed by atoms with van der Waals surface area (Å²) in [4.78, 5) is 22.7. The summed E-state index contributed by atoms with van der Waals surface area (Å²) in [6.07, 6.45) is 5.75. The number of ether oxygens (including phenoxy) is 2. The van der Waals surface area contributed by atoms with E-state index in [0.29, 0.717) is 12.3 Å². The van der Waals surface area contributed by atoms with Gasteiger partial charge in [0.2, 0.25) is 0 Å². The van der Waals surface area contributed by atoms with Gasteiger partial charge in [-0.3, -0.25) is 0 Å². The Morgan fingerprint density at radius 1 is 1.11 bits per heavy atom. The van der Waals surface area contributed by atoms with Crippen LogP contribution in [0.15, 0.2) is 25.5 Å². The van der Waals surface area contributed by atoms with Crippen molar-refractivity contribution in [1.82, 2.24) is 0 Å². The van der Waals surface area contributed by atoms with E-state index in [1.54, 1.807) is 0 Å². The fourth-order valence-electron chi connectivity index (χ4n) is 1.63. The fourth-order valence-corrected chi connectivity index (χ4v) is 1.63. The minimum absolute atomic E-state index is 0.463. The molecule has 0 heterocycles. The summed E-state index contributed by atoms with van der Waals surface area (Å²) in [6, 6.07) is 0. The number of hydrogen-bond acceptors (Lipinski definition) is 4. The van der Waals surface area contributed by atoms with Crippen molar-refractivity contribution in [3.8, 4) is 0 Å². The summed E-state index contributed by atoms with van der Waals surface area (Å²) >= 11 is 0. The van der Waals surface area contributed by atoms with E-state index in [2.05, 4.69) is 31.7 Å². The third-order valence-corrected chi connectivity index (χ3v) is 2.64. The zero-order chi connectivity index (χ0) is 14.7. The zero-order valence-electron chi connectivity index (χ0n) is 11.9. The molecule has 4 heteroatoms. The van der Waals surface area contributed by atoms with Crippen molar-refractivity contribution in [2.45, 2.75) is 52.1 Å². The minimum Gasteiger partial charge on any atom is -0.447 e. The van der Waals surface area contributed by atoms with Gasteiger partial charge in [-0.25, -0.2) is 9.59 Å². The molecule has 0 aliphatic rings. The highest BCUT2D eigenvalue weighted by Gasteiger charge is 2.22. The Hall–Kier alpha value is -1.58. The Morgan fingerprint density at radius 2 is 1.74 bits per heavy atom. The van der Waals surface area contributed by atoms with Crippen LogP contribution in [0.3, 0.4) is 0 Å². The van der Waals surface area contributed by atoms with E-state index >= 15 is 0 Å². The fraction of sp³-hybridized carbons (Fsp3) is 0.600. The molecule has 0 N–H and O–H groups in total. The summed E-state index contributed by atoms with van der Waals surface area (Å²) in [5.74, 6) is -0.526. The van der Waals surface area contributed by atoms with E-state index in [4.69, 9.17) is 4.74 Å². The third-order valence-electron chi connectivity index (χ3n) is 2.64. The van der Waals surface area contributed by atoms with Crippen LogP contribution in [0.2, 0.25) is 0 Å². The van der Waals surface area contributed by atoms with Gasteiger partial charge in [0.05, 0.1) is 6.26 Å².